The number of nitrogens with zero attached hydrogens (tertiary/aromatic N) is 3. The highest BCUT2D eigenvalue weighted by Crippen LogP contribution is 2.29. The van der Waals surface area contributed by atoms with Crippen molar-refractivity contribution in [1.82, 2.24) is 15.4 Å². The van der Waals surface area contributed by atoms with Crippen molar-refractivity contribution < 1.29 is 14.4 Å². The predicted molar refractivity (Wildman–Crippen MR) is 67.8 cm³/mol. The summed E-state index contributed by atoms with van der Waals surface area (Å²) in [5.74, 6) is -0.0694. The van der Waals surface area contributed by atoms with Gasteiger partial charge in [-0.05, 0) is 6.42 Å². The lowest BCUT2D eigenvalue weighted by molar-refractivity contribution is -0.133. The maximum Gasteiger partial charge on any atom is 0.313 e. The maximum absolute atomic E-state index is 10.4. The van der Waals surface area contributed by atoms with E-state index in [0.717, 1.165) is 30.4 Å². The van der Waals surface area contributed by atoms with Gasteiger partial charge in [0.15, 0.2) is 9.35 Å². The van der Waals surface area contributed by atoms with Gasteiger partial charge in [0.25, 0.3) is 0 Å². The number of carboxylic acid groups (broad SMARTS) is 1. The normalized spacial score (nSPS) is 10.7. The van der Waals surface area contributed by atoms with Crippen LogP contribution in [0.1, 0.15) is 19.1 Å². The largest absolute Gasteiger partial charge is 0.481 e. The van der Waals surface area contributed by atoms with E-state index in [2.05, 4.69) is 22.3 Å². The third-order valence-corrected chi connectivity index (χ3v) is 4.06. The van der Waals surface area contributed by atoms with E-state index >= 15 is 0 Å². The van der Waals surface area contributed by atoms with Crippen LogP contribution in [-0.2, 0) is 11.2 Å². The van der Waals surface area contributed by atoms with E-state index in [-0.39, 0.29) is 5.75 Å². The van der Waals surface area contributed by atoms with Crippen molar-refractivity contribution >= 4 is 29.1 Å². The maximum atomic E-state index is 10.4. The summed E-state index contributed by atoms with van der Waals surface area (Å²) >= 11 is 2.46. The Morgan fingerprint density at radius 2 is 2.39 bits per heavy atom. The first-order chi connectivity index (χ1) is 8.69. The molecule has 0 radical (unpaired) electrons. The minimum absolute atomic E-state index is 0.0193. The molecule has 0 aliphatic rings. The quantitative estimate of drug-likeness (QED) is 0.814. The van der Waals surface area contributed by atoms with Crippen LogP contribution in [0.25, 0.3) is 10.7 Å². The van der Waals surface area contributed by atoms with E-state index in [9.17, 15) is 4.79 Å². The van der Waals surface area contributed by atoms with Gasteiger partial charge < -0.3 is 9.63 Å². The van der Waals surface area contributed by atoms with Gasteiger partial charge in [0, 0.05) is 12.5 Å². The van der Waals surface area contributed by atoms with Crippen molar-refractivity contribution in [2.75, 3.05) is 5.75 Å². The molecule has 0 amide bonds. The van der Waals surface area contributed by atoms with Crippen LogP contribution >= 0.6 is 23.1 Å². The number of carbonyl (C=O) groups is 1. The number of hydrogen-bond donors (Lipinski definition) is 1. The van der Waals surface area contributed by atoms with Crippen LogP contribution < -0.4 is 0 Å². The Kier molecular flexibility index (Phi) is 4.32. The molecule has 6 nitrogen and oxygen atoms in total. The SMILES string of the molecule is CCCc1cc(-c2nnc(SCC(=O)O)s2)no1. The van der Waals surface area contributed by atoms with Gasteiger partial charge in [-0.3, -0.25) is 4.79 Å². The Bertz CT molecular complexity index is 538. The Morgan fingerprint density at radius 3 is 3.11 bits per heavy atom. The van der Waals surface area contributed by atoms with Crippen LogP contribution in [0.5, 0.6) is 0 Å². The summed E-state index contributed by atoms with van der Waals surface area (Å²) in [6.07, 6.45) is 1.83. The van der Waals surface area contributed by atoms with Gasteiger partial charge in [0.05, 0.1) is 5.75 Å². The molecule has 0 aromatic carbocycles. The number of aliphatic carboxylic acids is 1. The summed E-state index contributed by atoms with van der Waals surface area (Å²) in [7, 11) is 0. The number of aromatic nitrogens is 3. The Balaban J connectivity index is 2.06. The second-order valence-electron chi connectivity index (χ2n) is 3.48. The van der Waals surface area contributed by atoms with Gasteiger partial charge in [0.2, 0.25) is 0 Å². The van der Waals surface area contributed by atoms with Crippen molar-refractivity contribution in [3.05, 3.63) is 11.8 Å². The average molecular weight is 285 g/mol. The molecular weight excluding hydrogens is 274 g/mol. The number of rotatable bonds is 6. The van der Waals surface area contributed by atoms with Crippen molar-refractivity contribution in [2.45, 2.75) is 24.1 Å². The summed E-state index contributed by atoms with van der Waals surface area (Å²) in [4.78, 5) is 10.4. The predicted octanol–water partition coefficient (Wildman–Crippen LogP) is 2.32. The first-order valence-electron chi connectivity index (χ1n) is 5.33. The van der Waals surface area contributed by atoms with Gasteiger partial charge in [0.1, 0.15) is 11.5 Å². The molecule has 0 spiro atoms. The number of thioether (sulfide) groups is 1. The molecular formula is C10H11N3O3S2. The van der Waals surface area contributed by atoms with Crippen molar-refractivity contribution in [2.24, 2.45) is 0 Å². The molecule has 0 saturated carbocycles. The fourth-order valence-corrected chi connectivity index (χ4v) is 2.80. The molecule has 2 heterocycles. The Morgan fingerprint density at radius 1 is 1.56 bits per heavy atom. The topological polar surface area (TPSA) is 89.1 Å². The fraction of sp³-hybridized carbons (Fsp3) is 0.400. The second-order valence-corrected chi connectivity index (χ2v) is 5.68. The van der Waals surface area contributed by atoms with E-state index < -0.39 is 5.97 Å². The molecule has 2 aromatic rings. The second kappa shape index (κ2) is 5.96. The molecule has 2 aromatic heterocycles. The van der Waals surface area contributed by atoms with Crippen molar-refractivity contribution in [3.63, 3.8) is 0 Å². The molecule has 8 heteroatoms. The molecule has 0 aliphatic heterocycles. The van der Waals surface area contributed by atoms with E-state index in [1.807, 2.05) is 6.07 Å². The van der Waals surface area contributed by atoms with Gasteiger partial charge in [-0.2, -0.15) is 0 Å². The highest BCUT2D eigenvalue weighted by Gasteiger charge is 2.12. The number of aryl methyl sites for hydroxylation is 1. The summed E-state index contributed by atoms with van der Waals surface area (Å²) in [6, 6.07) is 1.84. The van der Waals surface area contributed by atoms with E-state index in [4.69, 9.17) is 9.63 Å². The first kappa shape index (κ1) is 13.0. The summed E-state index contributed by atoms with van der Waals surface area (Å²) in [5, 5.41) is 21.0. The van der Waals surface area contributed by atoms with Crippen LogP contribution in [-0.4, -0.2) is 32.2 Å². The molecule has 18 heavy (non-hydrogen) atoms. The molecule has 0 atom stereocenters. The number of hydrogen-bond acceptors (Lipinski definition) is 7. The lowest BCUT2D eigenvalue weighted by Gasteiger charge is -1.87. The zero-order chi connectivity index (χ0) is 13.0. The number of carboxylic acids is 1. The zero-order valence-electron chi connectivity index (χ0n) is 9.62. The molecule has 1 N–H and O–H groups in total. The highest BCUT2D eigenvalue weighted by molar-refractivity contribution is 8.01. The molecule has 96 valence electrons. The van der Waals surface area contributed by atoms with Crippen LogP contribution in [0.2, 0.25) is 0 Å². The minimum atomic E-state index is -0.872. The molecule has 0 bridgehead atoms. The average Bonchev–Trinajstić information content (AvgIpc) is 2.94. The van der Waals surface area contributed by atoms with E-state index in [1.165, 1.54) is 11.3 Å². The third-order valence-electron chi connectivity index (χ3n) is 2.00. The van der Waals surface area contributed by atoms with Crippen LogP contribution in [0.4, 0.5) is 0 Å². The van der Waals surface area contributed by atoms with E-state index in [0.29, 0.717) is 15.0 Å². The van der Waals surface area contributed by atoms with Crippen LogP contribution in [0.3, 0.4) is 0 Å². The van der Waals surface area contributed by atoms with Crippen LogP contribution in [0.15, 0.2) is 14.9 Å². The van der Waals surface area contributed by atoms with Gasteiger partial charge in [-0.15, -0.1) is 10.2 Å². The molecule has 0 aliphatic carbocycles. The van der Waals surface area contributed by atoms with Crippen molar-refractivity contribution in [1.29, 1.82) is 0 Å². The summed E-state index contributed by atoms with van der Waals surface area (Å²) in [5.41, 5.74) is 0.651. The standard InChI is InChI=1S/C10H11N3O3S2/c1-2-3-6-4-7(13-16-6)9-11-12-10(18-9)17-5-8(14)15/h4H,2-3,5H2,1H3,(H,14,15). The molecule has 0 unspecified atom stereocenters. The Hall–Kier alpha value is -1.41. The van der Waals surface area contributed by atoms with Gasteiger partial charge >= 0.3 is 5.97 Å². The van der Waals surface area contributed by atoms with E-state index in [1.54, 1.807) is 0 Å². The highest BCUT2D eigenvalue weighted by atomic mass is 32.2. The summed E-state index contributed by atoms with van der Waals surface area (Å²) in [6.45, 7) is 2.06. The third kappa shape index (κ3) is 3.30. The lowest BCUT2D eigenvalue weighted by Crippen LogP contribution is -1.96. The fourth-order valence-electron chi connectivity index (χ4n) is 1.27. The Labute approximate surface area is 111 Å². The molecule has 0 saturated heterocycles. The smallest absolute Gasteiger partial charge is 0.313 e. The molecule has 0 fully saturated rings. The van der Waals surface area contributed by atoms with Crippen LogP contribution in [0, 0.1) is 0 Å². The minimum Gasteiger partial charge on any atom is -0.481 e. The van der Waals surface area contributed by atoms with Gasteiger partial charge in [-0.1, -0.05) is 35.2 Å². The van der Waals surface area contributed by atoms with Crippen molar-refractivity contribution in [3.8, 4) is 10.7 Å². The first-order valence-corrected chi connectivity index (χ1v) is 7.13. The summed E-state index contributed by atoms with van der Waals surface area (Å²) < 4.78 is 5.77. The molecule has 2 rings (SSSR count). The van der Waals surface area contributed by atoms with Gasteiger partial charge in [-0.25, -0.2) is 0 Å². The monoisotopic (exact) mass is 285 g/mol. The lowest BCUT2D eigenvalue weighted by atomic mass is 10.2. The zero-order valence-corrected chi connectivity index (χ0v) is 11.3.